The summed E-state index contributed by atoms with van der Waals surface area (Å²) in [6, 6.07) is 15.3. The zero-order chi connectivity index (χ0) is 20.4. The van der Waals surface area contributed by atoms with Gasteiger partial charge < -0.3 is 4.90 Å². The number of rotatable bonds is 4. The van der Waals surface area contributed by atoms with Gasteiger partial charge in [-0.25, -0.2) is 4.68 Å². The van der Waals surface area contributed by atoms with Crippen molar-refractivity contribution in [3.63, 3.8) is 0 Å². The van der Waals surface area contributed by atoms with Crippen molar-refractivity contribution < 1.29 is 4.79 Å². The van der Waals surface area contributed by atoms with E-state index in [1.54, 1.807) is 17.2 Å². The minimum Gasteiger partial charge on any atom is -0.339 e. The van der Waals surface area contributed by atoms with E-state index >= 15 is 0 Å². The van der Waals surface area contributed by atoms with Gasteiger partial charge in [-0.2, -0.15) is 5.10 Å². The molecule has 1 saturated heterocycles. The molecular weight excluding hydrogens is 388 g/mol. The lowest BCUT2D eigenvalue weighted by Gasteiger charge is -2.38. The lowest BCUT2D eigenvalue weighted by molar-refractivity contribution is -0.134. The lowest BCUT2D eigenvalue weighted by atomic mass is 10.1. The number of hydrogen-bond donors (Lipinski definition) is 0. The van der Waals surface area contributed by atoms with Crippen LogP contribution in [0.15, 0.2) is 59.5 Å². The molecule has 0 aliphatic carbocycles. The smallest absolute Gasteiger partial charge is 0.275 e. The van der Waals surface area contributed by atoms with Crippen LogP contribution >= 0.6 is 11.6 Å². The van der Waals surface area contributed by atoms with Crippen LogP contribution in [0.4, 0.5) is 0 Å². The predicted molar refractivity (Wildman–Crippen MR) is 114 cm³/mol. The van der Waals surface area contributed by atoms with Crippen LogP contribution in [-0.2, 0) is 11.3 Å². The highest BCUT2D eigenvalue weighted by Gasteiger charge is 2.26. The number of piperazine rings is 1. The first-order chi connectivity index (χ1) is 14.0. The lowest BCUT2D eigenvalue weighted by Crippen LogP contribution is -2.50. The summed E-state index contributed by atoms with van der Waals surface area (Å²) < 4.78 is 1.25. The number of halogens is 1. The van der Waals surface area contributed by atoms with Crippen LogP contribution in [0.5, 0.6) is 0 Å². The van der Waals surface area contributed by atoms with Crippen LogP contribution in [-0.4, -0.2) is 51.7 Å². The van der Waals surface area contributed by atoms with Gasteiger partial charge in [0.1, 0.15) is 6.54 Å². The molecule has 3 aromatic rings. The van der Waals surface area contributed by atoms with E-state index in [9.17, 15) is 9.59 Å². The van der Waals surface area contributed by atoms with Gasteiger partial charge in [0.15, 0.2) is 0 Å². The van der Waals surface area contributed by atoms with E-state index in [4.69, 9.17) is 11.6 Å². The van der Waals surface area contributed by atoms with Crippen molar-refractivity contribution in [2.45, 2.75) is 19.5 Å². The van der Waals surface area contributed by atoms with E-state index in [0.717, 1.165) is 29.1 Å². The molecule has 29 heavy (non-hydrogen) atoms. The number of carbonyl (C=O) groups excluding carboxylic acids is 1. The minimum atomic E-state index is -0.234. The molecule has 0 spiro atoms. The Morgan fingerprint density at radius 1 is 1.07 bits per heavy atom. The average molecular weight is 411 g/mol. The molecule has 2 aromatic carbocycles. The molecule has 4 rings (SSSR count). The Morgan fingerprint density at radius 3 is 2.52 bits per heavy atom. The van der Waals surface area contributed by atoms with Crippen LogP contribution in [0.25, 0.3) is 10.8 Å². The van der Waals surface area contributed by atoms with Gasteiger partial charge in [-0.3, -0.25) is 14.5 Å². The zero-order valence-corrected chi connectivity index (χ0v) is 17.0. The largest absolute Gasteiger partial charge is 0.339 e. The molecule has 1 fully saturated rings. The fourth-order valence-corrected chi connectivity index (χ4v) is 4.13. The van der Waals surface area contributed by atoms with Gasteiger partial charge in [0.05, 0.1) is 11.6 Å². The zero-order valence-electron chi connectivity index (χ0n) is 16.3. The van der Waals surface area contributed by atoms with Crippen molar-refractivity contribution in [1.82, 2.24) is 19.6 Å². The normalized spacial score (nSPS) is 16.1. The molecule has 1 aromatic heterocycles. The average Bonchev–Trinajstić information content (AvgIpc) is 2.76. The number of nitrogens with zero attached hydrogens (tertiary/aromatic N) is 4. The molecule has 1 unspecified atom stereocenters. The molecular formula is C22H23ClN4O2. The highest BCUT2D eigenvalue weighted by atomic mass is 35.5. The van der Waals surface area contributed by atoms with Crippen molar-refractivity contribution in [3.05, 3.63) is 75.7 Å². The number of hydrogen-bond acceptors (Lipinski definition) is 4. The Bertz CT molecular complexity index is 1090. The van der Waals surface area contributed by atoms with Gasteiger partial charge in [0, 0.05) is 42.6 Å². The number of aromatic nitrogens is 2. The van der Waals surface area contributed by atoms with Gasteiger partial charge in [0.25, 0.3) is 5.56 Å². The highest BCUT2D eigenvalue weighted by molar-refractivity contribution is 6.31. The first-order valence-corrected chi connectivity index (χ1v) is 10.1. The first kappa shape index (κ1) is 19.6. The van der Waals surface area contributed by atoms with Crippen molar-refractivity contribution >= 4 is 28.3 Å². The number of benzene rings is 2. The monoisotopic (exact) mass is 410 g/mol. The van der Waals surface area contributed by atoms with Gasteiger partial charge in [-0.1, -0.05) is 48.0 Å². The molecule has 1 amide bonds. The van der Waals surface area contributed by atoms with E-state index in [1.165, 1.54) is 4.68 Å². The molecule has 0 radical (unpaired) electrons. The maximum absolute atomic E-state index is 12.7. The molecule has 150 valence electrons. The fraction of sp³-hybridized carbons (Fsp3) is 0.318. The van der Waals surface area contributed by atoms with E-state index < -0.39 is 0 Å². The van der Waals surface area contributed by atoms with Crippen molar-refractivity contribution in [1.29, 1.82) is 0 Å². The molecule has 6 nitrogen and oxygen atoms in total. The van der Waals surface area contributed by atoms with E-state index in [0.29, 0.717) is 18.5 Å². The standard InChI is InChI=1S/C22H23ClN4O2/c1-16(18-7-4-5-9-20(18)23)25-10-12-26(13-11-25)21(28)15-27-22(29)19-8-3-2-6-17(19)14-24-27/h2-9,14,16H,10-13,15H2,1H3. The SMILES string of the molecule is CC(c1ccccc1Cl)N1CCN(C(=O)Cn2ncc3ccccc3c2=O)CC1. The molecule has 1 atom stereocenters. The van der Waals surface area contributed by atoms with Crippen LogP contribution in [0.3, 0.4) is 0 Å². The molecule has 2 heterocycles. The second-order valence-corrected chi connectivity index (χ2v) is 7.72. The highest BCUT2D eigenvalue weighted by Crippen LogP contribution is 2.27. The first-order valence-electron chi connectivity index (χ1n) is 9.75. The second-order valence-electron chi connectivity index (χ2n) is 7.31. The molecule has 0 saturated carbocycles. The van der Waals surface area contributed by atoms with E-state index in [1.807, 2.05) is 42.5 Å². The van der Waals surface area contributed by atoms with Crippen LogP contribution in [0, 0.1) is 0 Å². The number of fused-ring (bicyclic) bond motifs is 1. The predicted octanol–water partition coefficient (Wildman–Crippen LogP) is 2.96. The molecule has 0 N–H and O–H groups in total. The van der Waals surface area contributed by atoms with Crippen LogP contribution < -0.4 is 5.56 Å². The maximum atomic E-state index is 12.7. The van der Waals surface area contributed by atoms with Crippen molar-refractivity contribution in [3.8, 4) is 0 Å². The second kappa shape index (κ2) is 8.35. The van der Waals surface area contributed by atoms with Gasteiger partial charge in [-0.15, -0.1) is 0 Å². The van der Waals surface area contributed by atoms with Gasteiger partial charge >= 0.3 is 0 Å². The summed E-state index contributed by atoms with van der Waals surface area (Å²) in [7, 11) is 0. The number of amides is 1. The summed E-state index contributed by atoms with van der Waals surface area (Å²) in [5.74, 6) is -0.0834. The molecule has 1 aliphatic rings. The van der Waals surface area contributed by atoms with Crippen LogP contribution in [0.1, 0.15) is 18.5 Å². The molecule has 1 aliphatic heterocycles. The maximum Gasteiger partial charge on any atom is 0.275 e. The molecule has 7 heteroatoms. The van der Waals surface area contributed by atoms with Crippen molar-refractivity contribution in [2.24, 2.45) is 0 Å². The molecule has 0 bridgehead atoms. The van der Waals surface area contributed by atoms with Crippen molar-refractivity contribution in [2.75, 3.05) is 26.2 Å². The Labute approximate surface area is 174 Å². The third-order valence-corrected chi connectivity index (χ3v) is 5.96. The van der Waals surface area contributed by atoms with E-state index in [-0.39, 0.29) is 24.1 Å². The topological polar surface area (TPSA) is 58.4 Å². The Hall–Kier alpha value is -2.70. The summed E-state index contributed by atoms with van der Waals surface area (Å²) in [6.45, 7) is 4.86. The number of carbonyl (C=O) groups is 1. The third kappa shape index (κ3) is 4.04. The summed E-state index contributed by atoms with van der Waals surface area (Å²) >= 11 is 6.33. The van der Waals surface area contributed by atoms with E-state index in [2.05, 4.69) is 16.9 Å². The minimum absolute atomic E-state index is 0.0380. The summed E-state index contributed by atoms with van der Waals surface area (Å²) in [4.78, 5) is 29.5. The van der Waals surface area contributed by atoms with Crippen LogP contribution in [0.2, 0.25) is 5.02 Å². The quantitative estimate of drug-likeness (QED) is 0.663. The third-order valence-electron chi connectivity index (χ3n) is 5.62. The van der Waals surface area contributed by atoms with Gasteiger partial charge in [-0.05, 0) is 24.6 Å². The Kier molecular flexibility index (Phi) is 5.65. The summed E-state index contributed by atoms with van der Waals surface area (Å²) in [6.07, 6.45) is 1.63. The summed E-state index contributed by atoms with van der Waals surface area (Å²) in [5, 5.41) is 6.29. The van der Waals surface area contributed by atoms with Gasteiger partial charge in [0.2, 0.25) is 5.91 Å². The Balaban J connectivity index is 1.40. The summed E-state index contributed by atoms with van der Waals surface area (Å²) in [5.41, 5.74) is 0.864. The fourth-order valence-electron chi connectivity index (χ4n) is 3.84. The Morgan fingerprint density at radius 2 is 1.76 bits per heavy atom.